The van der Waals surface area contributed by atoms with Crippen LogP contribution in [0.15, 0.2) is 36.7 Å². The van der Waals surface area contributed by atoms with Gasteiger partial charge in [0.05, 0.1) is 12.3 Å². The first-order chi connectivity index (χ1) is 9.72. The fourth-order valence-corrected chi connectivity index (χ4v) is 2.14. The molecule has 1 aromatic carbocycles. The van der Waals surface area contributed by atoms with Crippen LogP contribution in [0.3, 0.4) is 0 Å². The third kappa shape index (κ3) is 3.94. The van der Waals surface area contributed by atoms with Crippen LogP contribution in [-0.2, 0) is 13.1 Å². The van der Waals surface area contributed by atoms with Crippen molar-refractivity contribution in [3.8, 4) is 5.75 Å². The van der Waals surface area contributed by atoms with Gasteiger partial charge in [0.25, 0.3) is 0 Å². The van der Waals surface area contributed by atoms with Crippen molar-refractivity contribution in [2.24, 2.45) is 0 Å². The highest BCUT2D eigenvalue weighted by Crippen LogP contribution is 2.28. The minimum atomic E-state index is 0.711. The number of rotatable bonds is 7. The molecule has 0 amide bonds. The van der Waals surface area contributed by atoms with Gasteiger partial charge in [0.2, 0.25) is 0 Å². The summed E-state index contributed by atoms with van der Waals surface area (Å²) in [6.07, 6.45) is 5.22. The van der Waals surface area contributed by atoms with Crippen LogP contribution < -0.4 is 10.1 Å². The van der Waals surface area contributed by atoms with Crippen LogP contribution in [0.2, 0.25) is 5.02 Å². The number of halogens is 1. The summed E-state index contributed by atoms with van der Waals surface area (Å²) in [6, 6.07) is 7.79. The van der Waals surface area contributed by atoms with Gasteiger partial charge >= 0.3 is 0 Å². The second-order valence-corrected chi connectivity index (χ2v) is 5.13. The van der Waals surface area contributed by atoms with Gasteiger partial charge in [0.15, 0.2) is 0 Å². The summed E-state index contributed by atoms with van der Waals surface area (Å²) in [5.74, 6) is 0.853. The van der Waals surface area contributed by atoms with Crippen LogP contribution in [0, 0.1) is 0 Å². The van der Waals surface area contributed by atoms with Crippen molar-refractivity contribution in [2.75, 3.05) is 11.9 Å². The number of nitrogens with one attached hydrogen (secondary N) is 1. The number of aromatic nitrogens is 1. The summed E-state index contributed by atoms with van der Waals surface area (Å²) < 4.78 is 7.89. The van der Waals surface area contributed by atoms with Gasteiger partial charge < -0.3 is 14.6 Å². The third-order valence-electron chi connectivity index (χ3n) is 3.06. The van der Waals surface area contributed by atoms with E-state index in [0.717, 1.165) is 30.9 Å². The average Bonchev–Trinajstić information content (AvgIpc) is 2.92. The van der Waals surface area contributed by atoms with Gasteiger partial charge in [-0.15, -0.1) is 0 Å². The normalized spacial score (nSPS) is 10.6. The van der Waals surface area contributed by atoms with Crippen molar-refractivity contribution in [3.63, 3.8) is 0 Å². The minimum Gasteiger partial charge on any atom is -0.491 e. The predicted molar refractivity (Wildman–Crippen MR) is 84.7 cm³/mol. The standard InChI is InChI=1S/C16H21ClN2O/c1-3-9-20-16-6-5-14(17)10-15(16)18-11-13-7-8-19(4-2)12-13/h5-8,10,12,18H,3-4,9,11H2,1-2H3. The molecule has 0 unspecified atom stereocenters. The minimum absolute atomic E-state index is 0.711. The molecule has 4 heteroatoms. The second-order valence-electron chi connectivity index (χ2n) is 4.69. The Balaban J connectivity index is 2.05. The fourth-order valence-electron chi connectivity index (χ4n) is 1.97. The topological polar surface area (TPSA) is 26.2 Å². The van der Waals surface area contributed by atoms with Crippen molar-refractivity contribution in [1.82, 2.24) is 4.57 Å². The smallest absolute Gasteiger partial charge is 0.142 e. The summed E-state index contributed by atoms with van der Waals surface area (Å²) in [4.78, 5) is 0. The van der Waals surface area contributed by atoms with E-state index in [2.05, 4.69) is 42.2 Å². The van der Waals surface area contributed by atoms with E-state index >= 15 is 0 Å². The summed E-state index contributed by atoms with van der Waals surface area (Å²) in [6.45, 7) is 6.68. The maximum Gasteiger partial charge on any atom is 0.142 e. The first-order valence-corrected chi connectivity index (χ1v) is 7.41. The van der Waals surface area contributed by atoms with Crippen LogP contribution in [0.25, 0.3) is 0 Å². The largest absolute Gasteiger partial charge is 0.491 e. The molecular weight excluding hydrogens is 272 g/mol. The Bertz CT molecular complexity index is 551. The van der Waals surface area contributed by atoms with Crippen LogP contribution in [0.1, 0.15) is 25.8 Å². The zero-order valence-electron chi connectivity index (χ0n) is 12.0. The summed E-state index contributed by atoms with van der Waals surface area (Å²) in [5.41, 5.74) is 2.18. The molecule has 0 atom stereocenters. The Labute approximate surface area is 125 Å². The molecule has 1 aromatic heterocycles. The molecule has 0 aliphatic rings. The molecule has 3 nitrogen and oxygen atoms in total. The first kappa shape index (κ1) is 14.8. The van der Waals surface area contributed by atoms with Crippen molar-refractivity contribution in [2.45, 2.75) is 33.4 Å². The molecule has 108 valence electrons. The Morgan fingerprint density at radius 2 is 2.10 bits per heavy atom. The number of ether oxygens (including phenoxy) is 1. The van der Waals surface area contributed by atoms with E-state index < -0.39 is 0 Å². The van der Waals surface area contributed by atoms with Gasteiger partial charge in [-0.1, -0.05) is 18.5 Å². The Morgan fingerprint density at radius 3 is 2.80 bits per heavy atom. The number of aryl methyl sites for hydroxylation is 1. The molecule has 0 aliphatic heterocycles. The molecule has 0 spiro atoms. The SMILES string of the molecule is CCCOc1ccc(Cl)cc1NCc1ccn(CC)c1. The van der Waals surface area contributed by atoms with Gasteiger partial charge in [0, 0.05) is 30.5 Å². The molecule has 1 heterocycles. The lowest BCUT2D eigenvalue weighted by molar-refractivity contribution is 0.319. The van der Waals surface area contributed by atoms with Crippen LogP contribution in [-0.4, -0.2) is 11.2 Å². The van der Waals surface area contributed by atoms with Crippen molar-refractivity contribution in [3.05, 3.63) is 47.2 Å². The van der Waals surface area contributed by atoms with E-state index in [1.165, 1.54) is 5.56 Å². The highest BCUT2D eigenvalue weighted by Gasteiger charge is 2.05. The first-order valence-electron chi connectivity index (χ1n) is 7.03. The molecule has 2 aromatic rings. The Kier molecular flexibility index (Phi) is 5.36. The number of nitrogens with zero attached hydrogens (tertiary/aromatic N) is 1. The van der Waals surface area contributed by atoms with Crippen LogP contribution in [0.5, 0.6) is 5.75 Å². The Morgan fingerprint density at radius 1 is 1.25 bits per heavy atom. The lowest BCUT2D eigenvalue weighted by atomic mass is 10.2. The van der Waals surface area contributed by atoms with Crippen molar-refractivity contribution < 1.29 is 4.74 Å². The molecule has 0 radical (unpaired) electrons. The maximum atomic E-state index is 6.06. The predicted octanol–water partition coefficient (Wildman–Crippen LogP) is 4.56. The van der Waals surface area contributed by atoms with E-state index in [1.54, 1.807) is 0 Å². The van der Waals surface area contributed by atoms with Crippen molar-refractivity contribution in [1.29, 1.82) is 0 Å². The lowest BCUT2D eigenvalue weighted by Gasteiger charge is -2.13. The van der Waals surface area contributed by atoms with Gasteiger partial charge in [0.1, 0.15) is 5.75 Å². The zero-order chi connectivity index (χ0) is 14.4. The van der Waals surface area contributed by atoms with E-state index in [1.807, 2.05) is 18.2 Å². The molecular formula is C16H21ClN2O. The van der Waals surface area contributed by atoms with Crippen LogP contribution in [0.4, 0.5) is 5.69 Å². The third-order valence-corrected chi connectivity index (χ3v) is 3.30. The van der Waals surface area contributed by atoms with Gasteiger partial charge in [-0.3, -0.25) is 0 Å². The second kappa shape index (κ2) is 7.25. The molecule has 20 heavy (non-hydrogen) atoms. The van der Waals surface area contributed by atoms with Crippen molar-refractivity contribution >= 4 is 17.3 Å². The molecule has 0 fully saturated rings. The number of hydrogen-bond donors (Lipinski definition) is 1. The number of benzene rings is 1. The summed E-state index contributed by atoms with van der Waals surface area (Å²) in [5, 5.41) is 4.10. The molecule has 0 aliphatic carbocycles. The number of anilines is 1. The van der Waals surface area contributed by atoms with E-state index in [9.17, 15) is 0 Å². The molecule has 1 N–H and O–H groups in total. The quantitative estimate of drug-likeness (QED) is 0.809. The molecule has 0 saturated carbocycles. The lowest BCUT2D eigenvalue weighted by Crippen LogP contribution is -2.03. The van der Waals surface area contributed by atoms with Gasteiger partial charge in [-0.2, -0.15) is 0 Å². The van der Waals surface area contributed by atoms with E-state index in [4.69, 9.17) is 16.3 Å². The van der Waals surface area contributed by atoms with Gasteiger partial charge in [-0.25, -0.2) is 0 Å². The maximum absolute atomic E-state index is 6.06. The van der Waals surface area contributed by atoms with E-state index in [-0.39, 0.29) is 0 Å². The highest BCUT2D eigenvalue weighted by molar-refractivity contribution is 6.30. The fraction of sp³-hybridized carbons (Fsp3) is 0.375. The Hall–Kier alpha value is -1.61. The molecule has 0 saturated heterocycles. The molecule has 2 rings (SSSR count). The zero-order valence-corrected chi connectivity index (χ0v) is 12.8. The number of hydrogen-bond acceptors (Lipinski definition) is 2. The van der Waals surface area contributed by atoms with Gasteiger partial charge in [-0.05, 0) is 43.2 Å². The summed E-state index contributed by atoms with van der Waals surface area (Å²) >= 11 is 6.06. The summed E-state index contributed by atoms with van der Waals surface area (Å²) in [7, 11) is 0. The average molecular weight is 293 g/mol. The monoisotopic (exact) mass is 292 g/mol. The van der Waals surface area contributed by atoms with E-state index in [0.29, 0.717) is 11.6 Å². The highest BCUT2D eigenvalue weighted by atomic mass is 35.5. The van der Waals surface area contributed by atoms with Crippen LogP contribution >= 0.6 is 11.6 Å². The molecule has 0 bridgehead atoms.